The molecule has 1 N–H and O–H groups in total. The highest BCUT2D eigenvalue weighted by Crippen LogP contribution is 2.53. The van der Waals surface area contributed by atoms with E-state index in [-0.39, 0.29) is 17.9 Å². The minimum atomic E-state index is -1.70. The lowest BCUT2D eigenvalue weighted by atomic mass is 9.82. The third-order valence-electron chi connectivity index (χ3n) is 5.72. The summed E-state index contributed by atoms with van der Waals surface area (Å²) in [6.45, 7) is 0.501. The lowest BCUT2D eigenvalue weighted by molar-refractivity contribution is -0.143. The summed E-state index contributed by atoms with van der Waals surface area (Å²) in [6, 6.07) is 15.5. The highest BCUT2D eigenvalue weighted by molar-refractivity contribution is 6.50. The lowest BCUT2D eigenvalue weighted by Gasteiger charge is -2.34. The van der Waals surface area contributed by atoms with Crippen molar-refractivity contribution in [2.45, 2.75) is 12.0 Å². The molecular weight excluding hydrogens is 384 g/mol. The van der Waals surface area contributed by atoms with Gasteiger partial charge in [-0.15, -0.1) is 0 Å². The van der Waals surface area contributed by atoms with Gasteiger partial charge in [0.2, 0.25) is 0 Å². The number of likely N-dealkylation sites (N-methyl/N-ethyl adjacent to an activating group) is 1. The number of carbonyl (C=O) groups excluding carboxylic acids is 3. The van der Waals surface area contributed by atoms with Crippen molar-refractivity contribution in [2.24, 2.45) is 0 Å². The standard InChI is InChI=1S/C23H22N2O5/c1-24-17-12-7-6-11-16(17)23(22(24)29)18(19(26)15-9-4-3-5-10-15)20(27)21(28)25(23)13-8-14-30-2/h3-7,9-12,26H,8,13-14H2,1-2H3/b19-18+. The fourth-order valence-electron chi connectivity index (χ4n) is 4.38. The van der Waals surface area contributed by atoms with Gasteiger partial charge in [-0.2, -0.15) is 0 Å². The molecule has 4 rings (SSSR count). The number of fused-ring (bicyclic) bond motifs is 2. The zero-order valence-corrected chi connectivity index (χ0v) is 16.8. The van der Waals surface area contributed by atoms with Crippen molar-refractivity contribution in [2.75, 3.05) is 32.2 Å². The molecule has 7 nitrogen and oxygen atoms in total. The number of aliphatic hydroxyl groups excluding tert-OH is 1. The number of rotatable bonds is 5. The van der Waals surface area contributed by atoms with Crippen molar-refractivity contribution in [3.8, 4) is 0 Å². The molecule has 2 aromatic rings. The summed E-state index contributed by atoms with van der Waals surface area (Å²) in [4.78, 5) is 42.7. The predicted octanol–water partition coefficient (Wildman–Crippen LogP) is 2.28. The second-order valence-corrected chi connectivity index (χ2v) is 7.31. The van der Waals surface area contributed by atoms with Crippen LogP contribution in [-0.2, 0) is 24.7 Å². The van der Waals surface area contributed by atoms with E-state index in [2.05, 4.69) is 0 Å². The third-order valence-corrected chi connectivity index (χ3v) is 5.72. The number of aliphatic hydroxyl groups is 1. The van der Waals surface area contributed by atoms with Crippen molar-refractivity contribution in [1.29, 1.82) is 0 Å². The van der Waals surface area contributed by atoms with Gasteiger partial charge in [0.25, 0.3) is 17.6 Å². The molecule has 1 saturated heterocycles. The number of Topliss-reactive ketones (excluding diaryl/α,β-unsaturated/α-hetero) is 1. The van der Waals surface area contributed by atoms with Gasteiger partial charge < -0.3 is 19.6 Å². The quantitative estimate of drug-likeness (QED) is 0.356. The first-order valence-electron chi connectivity index (χ1n) is 9.68. The van der Waals surface area contributed by atoms with Crippen LogP contribution in [0.3, 0.4) is 0 Å². The Morgan fingerprint density at radius 3 is 2.40 bits per heavy atom. The predicted molar refractivity (Wildman–Crippen MR) is 111 cm³/mol. The van der Waals surface area contributed by atoms with E-state index in [0.29, 0.717) is 29.8 Å². The Bertz CT molecular complexity index is 1060. The Morgan fingerprint density at radius 1 is 1.03 bits per heavy atom. The van der Waals surface area contributed by atoms with Crippen LogP contribution in [0.1, 0.15) is 17.5 Å². The first-order chi connectivity index (χ1) is 14.5. The van der Waals surface area contributed by atoms with Crippen LogP contribution in [-0.4, -0.2) is 54.9 Å². The van der Waals surface area contributed by atoms with E-state index in [1.54, 1.807) is 68.8 Å². The first kappa shape index (κ1) is 19.8. The Balaban J connectivity index is 2.02. The molecule has 0 aromatic heterocycles. The summed E-state index contributed by atoms with van der Waals surface area (Å²) in [7, 11) is 3.15. The number of methoxy groups -OCH3 is 1. The summed E-state index contributed by atoms with van der Waals surface area (Å²) in [5.74, 6) is -2.48. The molecule has 2 aliphatic heterocycles. The normalized spacial score (nSPS) is 22.3. The van der Waals surface area contributed by atoms with E-state index in [9.17, 15) is 19.5 Å². The maximum Gasteiger partial charge on any atom is 0.296 e. The van der Waals surface area contributed by atoms with Gasteiger partial charge in [0.15, 0.2) is 5.54 Å². The zero-order valence-electron chi connectivity index (χ0n) is 16.8. The van der Waals surface area contributed by atoms with Crippen molar-refractivity contribution in [3.63, 3.8) is 0 Å². The van der Waals surface area contributed by atoms with Gasteiger partial charge in [-0.05, 0) is 12.5 Å². The number of ether oxygens (including phenoxy) is 1. The topological polar surface area (TPSA) is 87.1 Å². The average Bonchev–Trinajstić information content (AvgIpc) is 3.13. The zero-order chi connectivity index (χ0) is 21.5. The summed E-state index contributed by atoms with van der Waals surface area (Å²) >= 11 is 0. The van der Waals surface area contributed by atoms with Crippen LogP contribution in [0.25, 0.3) is 5.76 Å². The monoisotopic (exact) mass is 406 g/mol. The maximum atomic E-state index is 13.7. The van der Waals surface area contributed by atoms with E-state index in [0.717, 1.165) is 0 Å². The molecule has 1 spiro atoms. The van der Waals surface area contributed by atoms with Crippen LogP contribution >= 0.6 is 0 Å². The number of nitrogens with zero attached hydrogens (tertiary/aromatic N) is 2. The van der Waals surface area contributed by atoms with E-state index in [1.165, 1.54) is 9.80 Å². The molecule has 1 unspecified atom stereocenters. The number of carbonyl (C=O) groups is 3. The van der Waals surface area contributed by atoms with Gasteiger partial charge in [0, 0.05) is 44.1 Å². The second-order valence-electron chi connectivity index (χ2n) is 7.31. The number of benzene rings is 2. The molecule has 0 aliphatic carbocycles. The van der Waals surface area contributed by atoms with Gasteiger partial charge in [-0.25, -0.2) is 0 Å². The minimum absolute atomic E-state index is 0.137. The van der Waals surface area contributed by atoms with Gasteiger partial charge in [0.1, 0.15) is 5.76 Å². The molecule has 1 atom stereocenters. The number of ketones is 1. The smallest absolute Gasteiger partial charge is 0.296 e. The average molecular weight is 406 g/mol. The SMILES string of the molecule is COCCCN1C(=O)C(=O)/C(=C(\O)c2ccccc2)C12C(=O)N(C)c1ccccc12. The molecular formula is C23H22N2O5. The molecule has 2 heterocycles. The van der Waals surface area contributed by atoms with Gasteiger partial charge >= 0.3 is 0 Å². The highest BCUT2D eigenvalue weighted by Gasteiger charge is 2.66. The van der Waals surface area contributed by atoms with E-state index >= 15 is 0 Å². The number of para-hydroxylation sites is 1. The van der Waals surface area contributed by atoms with Crippen LogP contribution in [0.15, 0.2) is 60.2 Å². The summed E-state index contributed by atoms with van der Waals surface area (Å²) in [5.41, 5.74) is -0.427. The molecule has 0 radical (unpaired) electrons. The molecule has 2 amide bonds. The number of hydrogen-bond acceptors (Lipinski definition) is 5. The summed E-state index contributed by atoms with van der Waals surface area (Å²) in [5, 5.41) is 11.1. The van der Waals surface area contributed by atoms with Crippen LogP contribution in [0.4, 0.5) is 5.69 Å². The lowest BCUT2D eigenvalue weighted by Crippen LogP contribution is -2.51. The van der Waals surface area contributed by atoms with Gasteiger partial charge in [-0.1, -0.05) is 48.5 Å². The van der Waals surface area contributed by atoms with Crippen molar-refractivity contribution >= 4 is 29.0 Å². The second kappa shape index (κ2) is 7.42. The van der Waals surface area contributed by atoms with Crippen LogP contribution in [0.2, 0.25) is 0 Å². The number of hydrogen-bond donors (Lipinski definition) is 1. The Kier molecular flexibility index (Phi) is 4.91. The Hall–Kier alpha value is -3.45. The molecule has 154 valence electrons. The highest BCUT2D eigenvalue weighted by atomic mass is 16.5. The molecule has 2 aliphatic rings. The van der Waals surface area contributed by atoms with Gasteiger partial charge in [-0.3, -0.25) is 14.4 Å². The van der Waals surface area contributed by atoms with E-state index < -0.39 is 23.1 Å². The summed E-state index contributed by atoms with van der Waals surface area (Å²) < 4.78 is 5.10. The van der Waals surface area contributed by atoms with Crippen molar-refractivity contribution < 1.29 is 24.2 Å². The molecule has 0 bridgehead atoms. The number of amides is 2. The van der Waals surface area contributed by atoms with Gasteiger partial charge in [0.05, 0.1) is 5.57 Å². The molecule has 2 aromatic carbocycles. The van der Waals surface area contributed by atoms with E-state index in [4.69, 9.17) is 4.74 Å². The molecule has 7 heteroatoms. The Morgan fingerprint density at radius 2 is 1.70 bits per heavy atom. The minimum Gasteiger partial charge on any atom is -0.507 e. The molecule has 1 fully saturated rings. The number of likely N-dealkylation sites (tertiary alicyclic amines) is 1. The maximum absolute atomic E-state index is 13.7. The summed E-state index contributed by atoms with van der Waals surface area (Å²) in [6.07, 6.45) is 0.440. The van der Waals surface area contributed by atoms with Crippen molar-refractivity contribution in [1.82, 2.24) is 4.90 Å². The van der Waals surface area contributed by atoms with Crippen molar-refractivity contribution in [3.05, 3.63) is 71.3 Å². The molecule has 0 saturated carbocycles. The van der Waals surface area contributed by atoms with Crippen LogP contribution in [0, 0.1) is 0 Å². The first-order valence-corrected chi connectivity index (χ1v) is 9.68. The number of anilines is 1. The third kappa shape index (κ3) is 2.59. The van der Waals surface area contributed by atoms with E-state index in [1.807, 2.05) is 0 Å². The Labute approximate surface area is 174 Å². The largest absolute Gasteiger partial charge is 0.507 e. The van der Waals surface area contributed by atoms with Crippen LogP contribution in [0.5, 0.6) is 0 Å². The molecule has 30 heavy (non-hydrogen) atoms. The van der Waals surface area contributed by atoms with Crippen LogP contribution < -0.4 is 4.90 Å². The fourth-order valence-corrected chi connectivity index (χ4v) is 4.38. The fraction of sp³-hybridized carbons (Fsp3) is 0.261.